The second-order valence-electron chi connectivity index (χ2n) is 7.50. The summed E-state index contributed by atoms with van der Waals surface area (Å²) in [6, 6.07) is 9.79. The number of rotatable bonds is 5. The van der Waals surface area contributed by atoms with E-state index < -0.39 is 11.4 Å². The maximum Gasteiger partial charge on any atom is 0.173 e. The summed E-state index contributed by atoms with van der Waals surface area (Å²) in [5.74, 6) is -0.317. The highest BCUT2D eigenvalue weighted by Gasteiger charge is 2.36. The second-order valence-corrected chi connectivity index (χ2v) is 7.50. The topological polar surface area (TPSA) is 92.8 Å². The fourth-order valence-corrected chi connectivity index (χ4v) is 3.83. The zero-order chi connectivity index (χ0) is 21.6. The number of aromatic amines is 1. The molecule has 8 heteroatoms. The molecule has 0 fully saturated rings. The summed E-state index contributed by atoms with van der Waals surface area (Å²) in [5, 5.41) is 20.5. The maximum absolute atomic E-state index is 14.4. The van der Waals surface area contributed by atoms with E-state index in [-0.39, 0.29) is 17.7 Å². The molecule has 0 aliphatic rings. The normalized spacial score (nSPS) is 13.5. The van der Waals surface area contributed by atoms with Crippen molar-refractivity contribution in [1.82, 2.24) is 24.9 Å². The molecule has 1 atom stereocenters. The van der Waals surface area contributed by atoms with Gasteiger partial charge < -0.3 is 14.6 Å². The average Bonchev–Trinajstić information content (AvgIpc) is 3.52. The lowest BCUT2D eigenvalue weighted by atomic mass is 9.88. The van der Waals surface area contributed by atoms with Gasteiger partial charge in [0.15, 0.2) is 11.4 Å². The van der Waals surface area contributed by atoms with Crippen molar-refractivity contribution in [3.8, 4) is 22.4 Å². The van der Waals surface area contributed by atoms with Gasteiger partial charge in [0.2, 0.25) is 0 Å². The number of aromatic nitrogens is 5. The predicted molar refractivity (Wildman–Crippen MR) is 113 cm³/mol. The lowest BCUT2D eigenvalue weighted by Gasteiger charge is -2.24. The predicted octanol–water partition coefficient (Wildman–Crippen LogP) is 4.40. The van der Waals surface area contributed by atoms with Gasteiger partial charge in [-0.05, 0) is 18.6 Å². The van der Waals surface area contributed by atoms with E-state index in [2.05, 4.69) is 20.2 Å². The quantitative estimate of drug-likeness (QED) is 0.442. The maximum atomic E-state index is 14.4. The molecule has 2 N–H and O–H groups in total. The van der Waals surface area contributed by atoms with Crippen LogP contribution in [0.25, 0.3) is 33.4 Å². The molecule has 31 heavy (non-hydrogen) atoms. The third kappa shape index (κ3) is 3.12. The standard InChI is InChI=1S/C23H20FN5O2/c1-3-23(30,18-6-4-5-7-19(18)24)21-9-20(28-31-21)17-12-26-22-16(17)8-14(10-25-22)15-11-27-29(2)13-15/h4-13,30H,3H2,1-2H3,(H,25,26). The van der Waals surface area contributed by atoms with Gasteiger partial charge in [-0.3, -0.25) is 4.68 Å². The Morgan fingerprint density at radius 1 is 1.19 bits per heavy atom. The molecule has 0 radical (unpaired) electrons. The Balaban J connectivity index is 1.59. The van der Waals surface area contributed by atoms with Crippen molar-refractivity contribution in [1.29, 1.82) is 0 Å². The molecule has 0 aliphatic heterocycles. The highest BCUT2D eigenvalue weighted by atomic mass is 19.1. The van der Waals surface area contributed by atoms with Gasteiger partial charge in [-0.15, -0.1) is 0 Å². The van der Waals surface area contributed by atoms with E-state index in [1.54, 1.807) is 54.5 Å². The van der Waals surface area contributed by atoms with Crippen molar-refractivity contribution in [2.24, 2.45) is 7.05 Å². The van der Waals surface area contributed by atoms with Crippen LogP contribution in [0, 0.1) is 5.82 Å². The van der Waals surface area contributed by atoms with Crippen LogP contribution in [0.4, 0.5) is 4.39 Å². The molecule has 1 aromatic carbocycles. The van der Waals surface area contributed by atoms with E-state index in [9.17, 15) is 9.50 Å². The van der Waals surface area contributed by atoms with Gasteiger partial charge in [-0.1, -0.05) is 30.3 Å². The average molecular weight is 417 g/mol. The Labute approximate surface area is 177 Å². The van der Waals surface area contributed by atoms with Crippen LogP contribution in [0.3, 0.4) is 0 Å². The van der Waals surface area contributed by atoms with Gasteiger partial charge in [0.05, 0.1) is 6.20 Å². The number of benzene rings is 1. The SMILES string of the molecule is CCC(O)(c1cc(-c2c[nH]c3ncc(-c4cnn(C)c4)cc23)no1)c1ccccc1F. The van der Waals surface area contributed by atoms with E-state index in [1.165, 1.54) is 6.07 Å². The first-order valence-corrected chi connectivity index (χ1v) is 9.90. The van der Waals surface area contributed by atoms with E-state index in [0.29, 0.717) is 11.3 Å². The van der Waals surface area contributed by atoms with E-state index >= 15 is 0 Å². The fraction of sp³-hybridized carbons (Fsp3) is 0.174. The van der Waals surface area contributed by atoms with Crippen LogP contribution < -0.4 is 0 Å². The Hall–Kier alpha value is -3.78. The number of halogens is 1. The lowest BCUT2D eigenvalue weighted by molar-refractivity contribution is 0.0429. The van der Waals surface area contributed by atoms with Gasteiger partial charge in [-0.25, -0.2) is 9.37 Å². The van der Waals surface area contributed by atoms with Gasteiger partial charge in [0.25, 0.3) is 0 Å². The summed E-state index contributed by atoms with van der Waals surface area (Å²) in [6.07, 6.45) is 7.49. The highest BCUT2D eigenvalue weighted by Crippen LogP contribution is 2.37. The Kier molecular flexibility index (Phi) is 4.44. The molecule has 1 unspecified atom stereocenters. The molecule has 4 heterocycles. The summed E-state index contributed by atoms with van der Waals surface area (Å²) in [6.45, 7) is 1.77. The molecule has 0 saturated heterocycles. The fourth-order valence-electron chi connectivity index (χ4n) is 3.83. The number of nitrogens with zero attached hydrogens (tertiary/aromatic N) is 4. The minimum Gasteiger partial charge on any atom is -0.377 e. The lowest BCUT2D eigenvalue weighted by Crippen LogP contribution is -2.27. The van der Waals surface area contributed by atoms with Crippen LogP contribution in [-0.2, 0) is 12.6 Å². The zero-order valence-corrected chi connectivity index (χ0v) is 17.0. The van der Waals surface area contributed by atoms with Crippen molar-refractivity contribution in [3.05, 3.63) is 78.3 Å². The minimum atomic E-state index is -1.62. The molecule has 0 saturated carbocycles. The van der Waals surface area contributed by atoms with Crippen molar-refractivity contribution in [2.75, 3.05) is 0 Å². The van der Waals surface area contributed by atoms with Crippen LogP contribution in [-0.4, -0.2) is 30.0 Å². The molecule has 156 valence electrons. The van der Waals surface area contributed by atoms with Crippen LogP contribution >= 0.6 is 0 Å². The summed E-state index contributed by atoms with van der Waals surface area (Å²) >= 11 is 0. The first-order valence-electron chi connectivity index (χ1n) is 9.90. The van der Waals surface area contributed by atoms with Gasteiger partial charge >= 0.3 is 0 Å². The number of hydrogen-bond donors (Lipinski definition) is 2. The number of pyridine rings is 1. The Morgan fingerprint density at radius 2 is 2.03 bits per heavy atom. The Morgan fingerprint density at radius 3 is 2.77 bits per heavy atom. The van der Waals surface area contributed by atoms with Crippen molar-refractivity contribution in [3.63, 3.8) is 0 Å². The summed E-state index contributed by atoms with van der Waals surface area (Å²) < 4.78 is 21.6. The number of nitrogens with one attached hydrogen (secondary N) is 1. The number of hydrogen-bond acceptors (Lipinski definition) is 5. The van der Waals surface area contributed by atoms with E-state index in [4.69, 9.17) is 4.52 Å². The van der Waals surface area contributed by atoms with Gasteiger partial charge in [-0.2, -0.15) is 5.10 Å². The van der Waals surface area contributed by atoms with Gasteiger partial charge in [0.1, 0.15) is 17.2 Å². The number of H-pyrrole nitrogens is 1. The molecular weight excluding hydrogens is 397 g/mol. The van der Waals surface area contributed by atoms with Crippen LogP contribution in [0.2, 0.25) is 0 Å². The molecule has 0 spiro atoms. The molecule has 0 bridgehead atoms. The van der Waals surface area contributed by atoms with Crippen LogP contribution in [0.1, 0.15) is 24.7 Å². The van der Waals surface area contributed by atoms with Crippen molar-refractivity contribution >= 4 is 11.0 Å². The first-order chi connectivity index (χ1) is 15.0. The highest BCUT2D eigenvalue weighted by molar-refractivity contribution is 5.94. The first kappa shape index (κ1) is 19.2. The largest absolute Gasteiger partial charge is 0.377 e. The molecule has 5 aromatic rings. The van der Waals surface area contributed by atoms with E-state index in [1.807, 2.05) is 19.3 Å². The van der Waals surface area contributed by atoms with E-state index in [0.717, 1.165) is 22.1 Å². The number of aliphatic hydroxyl groups is 1. The number of aryl methyl sites for hydroxylation is 1. The summed E-state index contributed by atoms with van der Waals surface area (Å²) in [4.78, 5) is 7.63. The summed E-state index contributed by atoms with van der Waals surface area (Å²) in [7, 11) is 1.86. The van der Waals surface area contributed by atoms with Gasteiger partial charge in [0, 0.05) is 59.3 Å². The van der Waals surface area contributed by atoms with Crippen LogP contribution in [0.15, 0.2) is 65.7 Å². The molecular formula is C23H20FN5O2. The molecule has 0 amide bonds. The number of fused-ring (bicyclic) bond motifs is 1. The van der Waals surface area contributed by atoms with Crippen molar-refractivity contribution < 1.29 is 14.0 Å². The molecule has 4 aromatic heterocycles. The smallest absolute Gasteiger partial charge is 0.173 e. The van der Waals surface area contributed by atoms with Crippen LogP contribution in [0.5, 0.6) is 0 Å². The zero-order valence-electron chi connectivity index (χ0n) is 17.0. The monoisotopic (exact) mass is 417 g/mol. The van der Waals surface area contributed by atoms with Crippen molar-refractivity contribution in [2.45, 2.75) is 18.9 Å². The third-order valence-electron chi connectivity index (χ3n) is 5.59. The summed E-state index contributed by atoms with van der Waals surface area (Å²) in [5.41, 5.74) is 2.39. The second kappa shape index (κ2) is 7.17. The molecule has 5 rings (SSSR count). The minimum absolute atomic E-state index is 0.152. The Bertz CT molecular complexity index is 1390. The molecule has 7 nitrogen and oxygen atoms in total. The molecule has 0 aliphatic carbocycles. The third-order valence-corrected chi connectivity index (χ3v) is 5.59.